The lowest BCUT2D eigenvalue weighted by Gasteiger charge is -2.32. The second kappa shape index (κ2) is 7.97. The number of halogens is 1. The van der Waals surface area contributed by atoms with E-state index >= 15 is 0 Å². The first kappa shape index (κ1) is 16.6. The normalized spacial score (nSPS) is 14.1. The van der Waals surface area contributed by atoms with Gasteiger partial charge in [-0.1, -0.05) is 25.1 Å². The van der Waals surface area contributed by atoms with Gasteiger partial charge in [0.15, 0.2) is 0 Å². The van der Waals surface area contributed by atoms with E-state index in [0.717, 1.165) is 6.42 Å². The van der Waals surface area contributed by atoms with Crippen molar-refractivity contribution in [2.24, 2.45) is 5.73 Å². The molecule has 0 fully saturated rings. The summed E-state index contributed by atoms with van der Waals surface area (Å²) < 4.78 is 14.0. The molecule has 0 aliphatic heterocycles. The Morgan fingerprint density at radius 2 is 2.10 bits per heavy atom. The van der Waals surface area contributed by atoms with E-state index in [2.05, 4.69) is 5.32 Å². The van der Waals surface area contributed by atoms with Gasteiger partial charge in [0.2, 0.25) is 5.91 Å². The van der Waals surface area contributed by atoms with Crippen LogP contribution in [0.1, 0.15) is 31.4 Å². The number of hydrogen-bond acceptors (Lipinski definition) is 3. The molecule has 0 spiro atoms. The number of nitrogens with two attached hydrogens (primary N) is 1. The van der Waals surface area contributed by atoms with Crippen molar-refractivity contribution in [3.63, 3.8) is 0 Å². The average Bonchev–Trinajstić information content (AvgIpc) is 2.46. The van der Waals surface area contributed by atoms with Crippen molar-refractivity contribution < 1.29 is 9.18 Å². The summed E-state index contributed by atoms with van der Waals surface area (Å²) in [6.45, 7) is 2.51. The van der Waals surface area contributed by atoms with Gasteiger partial charge in [-0.25, -0.2) is 4.39 Å². The molecule has 0 radical (unpaired) electrons. The van der Waals surface area contributed by atoms with E-state index in [1.807, 2.05) is 18.9 Å². The largest absolute Gasteiger partial charge is 0.359 e. The molecule has 2 atom stereocenters. The van der Waals surface area contributed by atoms with E-state index in [1.54, 1.807) is 25.2 Å². The van der Waals surface area contributed by atoms with Gasteiger partial charge >= 0.3 is 0 Å². The number of amides is 1. The fourth-order valence-corrected chi connectivity index (χ4v) is 2.28. The van der Waals surface area contributed by atoms with Crippen LogP contribution in [0.15, 0.2) is 24.3 Å². The molecule has 1 amide bonds. The number of benzene rings is 1. The number of hydrogen-bond donors (Lipinski definition) is 2. The lowest BCUT2D eigenvalue weighted by Crippen LogP contribution is -2.40. The van der Waals surface area contributed by atoms with Crippen LogP contribution in [0.25, 0.3) is 0 Å². The summed E-state index contributed by atoms with van der Waals surface area (Å²) >= 11 is 0. The maximum Gasteiger partial charge on any atom is 0.221 e. The second-order valence-electron chi connectivity index (χ2n) is 4.94. The Kier molecular flexibility index (Phi) is 6.61. The number of rotatable bonds is 7. The molecule has 0 bridgehead atoms. The van der Waals surface area contributed by atoms with Crippen LogP contribution in [0.5, 0.6) is 0 Å². The number of carbonyl (C=O) groups excluding carboxylic acids is 1. The minimum atomic E-state index is -0.256. The van der Waals surface area contributed by atoms with Crippen LogP contribution in [0.2, 0.25) is 0 Å². The molecule has 0 saturated carbocycles. The second-order valence-corrected chi connectivity index (χ2v) is 4.94. The molecule has 1 aromatic carbocycles. The van der Waals surface area contributed by atoms with Crippen molar-refractivity contribution in [3.8, 4) is 0 Å². The number of nitrogens with one attached hydrogen (secondary N) is 1. The predicted octanol–water partition coefficient (Wildman–Crippen LogP) is 1.67. The molecular formula is C15H24FN3O. The van der Waals surface area contributed by atoms with Gasteiger partial charge in [-0.15, -0.1) is 0 Å². The van der Waals surface area contributed by atoms with Crippen LogP contribution < -0.4 is 11.1 Å². The molecule has 2 unspecified atom stereocenters. The quantitative estimate of drug-likeness (QED) is 0.799. The third kappa shape index (κ3) is 4.28. The van der Waals surface area contributed by atoms with Crippen molar-refractivity contribution >= 4 is 5.91 Å². The van der Waals surface area contributed by atoms with E-state index in [4.69, 9.17) is 5.73 Å². The van der Waals surface area contributed by atoms with Crippen molar-refractivity contribution in [3.05, 3.63) is 35.6 Å². The number of carbonyl (C=O) groups is 1. The van der Waals surface area contributed by atoms with E-state index in [9.17, 15) is 9.18 Å². The highest BCUT2D eigenvalue weighted by Gasteiger charge is 2.25. The van der Waals surface area contributed by atoms with Crippen molar-refractivity contribution in [1.82, 2.24) is 10.2 Å². The summed E-state index contributed by atoms with van der Waals surface area (Å²) in [4.78, 5) is 13.3. The highest BCUT2D eigenvalue weighted by molar-refractivity contribution is 5.75. The van der Waals surface area contributed by atoms with Crippen LogP contribution in [-0.4, -0.2) is 37.5 Å². The SMILES string of the molecule is CCC(N)C(c1ccccc1F)N(C)CCC(=O)NC. The van der Waals surface area contributed by atoms with Gasteiger partial charge in [0.1, 0.15) is 5.82 Å². The van der Waals surface area contributed by atoms with Gasteiger partial charge in [-0.3, -0.25) is 9.69 Å². The zero-order chi connectivity index (χ0) is 15.1. The Hall–Kier alpha value is -1.46. The van der Waals surface area contributed by atoms with Crippen LogP contribution in [0, 0.1) is 5.82 Å². The van der Waals surface area contributed by atoms with Crippen molar-refractivity contribution in [2.45, 2.75) is 31.8 Å². The maximum atomic E-state index is 14.0. The Morgan fingerprint density at radius 1 is 1.45 bits per heavy atom. The van der Waals surface area contributed by atoms with Gasteiger partial charge in [0.05, 0.1) is 6.04 Å². The molecule has 4 nitrogen and oxygen atoms in total. The van der Waals surface area contributed by atoms with Gasteiger partial charge < -0.3 is 11.1 Å². The molecule has 1 rings (SSSR count). The first-order chi connectivity index (χ1) is 9.51. The number of nitrogens with zero attached hydrogens (tertiary/aromatic N) is 1. The fraction of sp³-hybridized carbons (Fsp3) is 0.533. The number of likely N-dealkylation sites (N-methyl/N-ethyl adjacent to an activating group) is 1. The lowest BCUT2D eigenvalue weighted by atomic mass is 9.96. The smallest absolute Gasteiger partial charge is 0.221 e. The molecule has 0 aromatic heterocycles. The molecule has 0 aliphatic carbocycles. The topological polar surface area (TPSA) is 58.4 Å². The van der Waals surface area contributed by atoms with E-state index < -0.39 is 0 Å². The third-order valence-electron chi connectivity index (χ3n) is 3.55. The standard InChI is InChI=1S/C15H24FN3O/c1-4-13(17)15(11-7-5-6-8-12(11)16)19(3)10-9-14(20)18-2/h5-8,13,15H,4,9-10,17H2,1-3H3,(H,18,20). The highest BCUT2D eigenvalue weighted by atomic mass is 19.1. The summed E-state index contributed by atoms with van der Waals surface area (Å²) in [5, 5.41) is 2.58. The first-order valence-corrected chi connectivity index (χ1v) is 6.92. The third-order valence-corrected chi connectivity index (χ3v) is 3.55. The van der Waals surface area contributed by atoms with Crippen LogP contribution in [-0.2, 0) is 4.79 Å². The molecule has 5 heteroatoms. The zero-order valence-electron chi connectivity index (χ0n) is 12.4. The van der Waals surface area contributed by atoms with Crippen LogP contribution in [0.3, 0.4) is 0 Å². The van der Waals surface area contributed by atoms with Crippen molar-refractivity contribution in [1.29, 1.82) is 0 Å². The van der Waals surface area contributed by atoms with Gasteiger partial charge in [0.25, 0.3) is 0 Å². The van der Waals surface area contributed by atoms with Crippen LogP contribution >= 0.6 is 0 Å². The summed E-state index contributed by atoms with van der Waals surface area (Å²) in [5.41, 5.74) is 6.73. The van der Waals surface area contributed by atoms with Crippen molar-refractivity contribution in [2.75, 3.05) is 20.6 Å². The summed E-state index contributed by atoms with van der Waals surface area (Å²) in [7, 11) is 3.48. The van der Waals surface area contributed by atoms with Gasteiger partial charge in [-0.05, 0) is 19.5 Å². The first-order valence-electron chi connectivity index (χ1n) is 6.92. The lowest BCUT2D eigenvalue weighted by molar-refractivity contribution is -0.121. The molecule has 20 heavy (non-hydrogen) atoms. The minimum Gasteiger partial charge on any atom is -0.359 e. The van der Waals surface area contributed by atoms with Gasteiger partial charge in [-0.2, -0.15) is 0 Å². The predicted molar refractivity (Wildman–Crippen MR) is 78.7 cm³/mol. The molecule has 1 aromatic rings. The monoisotopic (exact) mass is 281 g/mol. The molecule has 3 N–H and O–H groups in total. The Balaban J connectivity index is 2.90. The Morgan fingerprint density at radius 3 is 2.65 bits per heavy atom. The fourth-order valence-electron chi connectivity index (χ4n) is 2.28. The molecule has 112 valence electrons. The van der Waals surface area contributed by atoms with E-state index in [0.29, 0.717) is 18.5 Å². The summed E-state index contributed by atoms with van der Waals surface area (Å²) in [6, 6.07) is 6.26. The van der Waals surface area contributed by atoms with Gasteiger partial charge in [0, 0.05) is 31.6 Å². The zero-order valence-corrected chi connectivity index (χ0v) is 12.4. The van der Waals surface area contributed by atoms with Crippen LogP contribution in [0.4, 0.5) is 4.39 Å². The molecule has 0 heterocycles. The van der Waals surface area contributed by atoms with E-state index in [1.165, 1.54) is 6.07 Å². The minimum absolute atomic E-state index is 0.0331. The molecule has 0 aliphatic rings. The summed E-state index contributed by atoms with van der Waals surface area (Å²) in [6.07, 6.45) is 1.11. The Bertz CT molecular complexity index is 439. The Labute approximate surface area is 120 Å². The van der Waals surface area contributed by atoms with E-state index in [-0.39, 0.29) is 23.8 Å². The average molecular weight is 281 g/mol. The maximum absolute atomic E-state index is 14.0. The molecular weight excluding hydrogens is 257 g/mol. The summed E-state index contributed by atoms with van der Waals surface area (Å²) in [5.74, 6) is -0.289. The molecule has 0 saturated heterocycles. The highest BCUT2D eigenvalue weighted by Crippen LogP contribution is 2.26.